The highest BCUT2D eigenvalue weighted by molar-refractivity contribution is 5.58. The number of nitrogens with two attached hydrogens (primary N) is 1. The molecule has 1 saturated heterocycles. The van der Waals surface area contributed by atoms with Crippen molar-refractivity contribution in [2.75, 3.05) is 29.9 Å². The van der Waals surface area contributed by atoms with Gasteiger partial charge in [-0.15, -0.1) is 0 Å². The van der Waals surface area contributed by atoms with Crippen LogP contribution in [0.2, 0.25) is 0 Å². The molecule has 1 aromatic heterocycles. The van der Waals surface area contributed by atoms with Crippen LogP contribution in [-0.4, -0.2) is 36.1 Å². The van der Waals surface area contributed by atoms with Crippen LogP contribution in [0.25, 0.3) is 0 Å². The zero-order valence-corrected chi connectivity index (χ0v) is 13.2. The molecule has 0 bridgehead atoms. The summed E-state index contributed by atoms with van der Waals surface area (Å²) in [6.07, 6.45) is 2.21. The number of aryl methyl sites for hydroxylation is 1. The first-order valence-corrected chi connectivity index (χ1v) is 7.78. The molecule has 1 aliphatic rings. The third-order valence-corrected chi connectivity index (χ3v) is 4.05. The SMILES string of the molecule is Cc1cc(N2CCCC(N)C2)nc(N(C)c2ccccc2)n1. The molecule has 0 amide bonds. The van der Waals surface area contributed by atoms with E-state index in [1.807, 2.05) is 43.1 Å². The van der Waals surface area contributed by atoms with Gasteiger partial charge in [-0.2, -0.15) is 4.98 Å². The van der Waals surface area contributed by atoms with E-state index in [0.29, 0.717) is 0 Å². The molecule has 1 fully saturated rings. The van der Waals surface area contributed by atoms with E-state index in [4.69, 9.17) is 10.7 Å². The summed E-state index contributed by atoms with van der Waals surface area (Å²) >= 11 is 0. The molecular weight excluding hydrogens is 274 g/mol. The van der Waals surface area contributed by atoms with Gasteiger partial charge in [-0.3, -0.25) is 0 Å². The van der Waals surface area contributed by atoms with Crippen LogP contribution in [0.5, 0.6) is 0 Å². The van der Waals surface area contributed by atoms with Crippen LogP contribution >= 0.6 is 0 Å². The molecular formula is C17H23N5. The lowest BCUT2D eigenvalue weighted by atomic mass is 10.1. The van der Waals surface area contributed by atoms with Gasteiger partial charge in [0, 0.05) is 43.6 Å². The average Bonchev–Trinajstić information content (AvgIpc) is 2.54. The summed E-state index contributed by atoms with van der Waals surface area (Å²) in [4.78, 5) is 13.6. The molecule has 0 aliphatic carbocycles. The van der Waals surface area contributed by atoms with Crippen molar-refractivity contribution in [1.29, 1.82) is 0 Å². The van der Waals surface area contributed by atoms with Crippen LogP contribution in [0.15, 0.2) is 36.4 Å². The van der Waals surface area contributed by atoms with E-state index >= 15 is 0 Å². The minimum atomic E-state index is 0.235. The second-order valence-corrected chi connectivity index (χ2v) is 5.91. The lowest BCUT2D eigenvalue weighted by molar-refractivity contribution is 0.503. The Balaban J connectivity index is 1.89. The number of anilines is 3. The fraction of sp³-hybridized carbons (Fsp3) is 0.412. The number of aromatic nitrogens is 2. The predicted molar refractivity (Wildman–Crippen MR) is 90.7 cm³/mol. The van der Waals surface area contributed by atoms with Gasteiger partial charge in [-0.05, 0) is 31.9 Å². The maximum atomic E-state index is 6.09. The quantitative estimate of drug-likeness (QED) is 0.943. The average molecular weight is 297 g/mol. The van der Waals surface area contributed by atoms with E-state index in [0.717, 1.165) is 49.1 Å². The molecule has 0 spiro atoms. The van der Waals surface area contributed by atoms with Crippen LogP contribution in [-0.2, 0) is 0 Å². The van der Waals surface area contributed by atoms with E-state index in [9.17, 15) is 0 Å². The van der Waals surface area contributed by atoms with Crippen molar-refractivity contribution in [2.24, 2.45) is 5.73 Å². The first-order chi connectivity index (χ1) is 10.6. The molecule has 0 saturated carbocycles. The number of hydrogen-bond donors (Lipinski definition) is 1. The van der Waals surface area contributed by atoms with Gasteiger partial charge in [-0.25, -0.2) is 4.98 Å². The third-order valence-electron chi connectivity index (χ3n) is 4.05. The van der Waals surface area contributed by atoms with Gasteiger partial charge in [0.2, 0.25) is 5.95 Å². The Labute approximate surface area is 131 Å². The Morgan fingerprint density at radius 3 is 2.73 bits per heavy atom. The Bertz CT molecular complexity index is 628. The molecule has 116 valence electrons. The van der Waals surface area contributed by atoms with E-state index in [2.05, 4.69) is 22.0 Å². The van der Waals surface area contributed by atoms with E-state index in [-0.39, 0.29) is 6.04 Å². The highest BCUT2D eigenvalue weighted by Gasteiger charge is 2.19. The molecule has 3 rings (SSSR count). The number of piperidine rings is 1. The summed E-state index contributed by atoms with van der Waals surface area (Å²) in [5.41, 5.74) is 8.15. The fourth-order valence-electron chi connectivity index (χ4n) is 2.83. The van der Waals surface area contributed by atoms with Gasteiger partial charge in [0.25, 0.3) is 0 Å². The predicted octanol–water partition coefficient (Wildman–Crippen LogP) is 2.48. The molecule has 5 heteroatoms. The Kier molecular flexibility index (Phi) is 4.24. The molecule has 2 heterocycles. The lowest BCUT2D eigenvalue weighted by Crippen LogP contribution is -2.43. The summed E-state index contributed by atoms with van der Waals surface area (Å²) in [6, 6.07) is 12.4. The van der Waals surface area contributed by atoms with E-state index in [1.54, 1.807) is 0 Å². The van der Waals surface area contributed by atoms with Crippen molar-refractivity contribution in [1.82, 2.24) is 9.97 Å². The summed E-state index contributed by atoms with van der Waals surface area (Å²) in [5, 5.41) is 0. The molecule has 22 heavy (non-hydrogen) atoms. The van der Waals surface area contributed by atoms with Gasteiger partial charge in [0.15, 0.2) is 0 Å². The van der Waals surface area contributed by atoms with Gasteiger partial charge in [-0.1, -0.05) is 18.2 Å². The van der Waals surface area contributed by atoms with Crippen molar-refractivity contribution < 1.29 is 0 Å². The van der Waals surface area contributed by atoms with Crippen molar-refractivity contribution in [3.05, 3.63) is 42.1 Å². The maximum Gasteiger partial charge on any atom is 0.231 e. The minimum Gasteiger partial charge on any atom is -0.355 e. The smallest absolute Gasteiger partial charge is 0.231 e. The number of rotatable bonds is 3. The first kappa shape index (κ1) is 14.8. The van der Waals surface area contributed by atoms with Crippen LogP contribution in [0.1, 0.15) is 18.5 Å². The standard InChI is InChI=1S/C17H23N5/c1-13-11-16(22-10-6-7-14(18)12-22)20-17(19-13)21(2)15-8-4-3-5-9-15/h3-5,8-9,11,14H,6-7,10,12,18H2,1-2H3. The van der Waals surface area contributed by atoms with Gasteiger partial charge >= 0.3 is 0 Å². The maximum absolute atomic E-state index is 6.09. The highest BCUT2D eigenvalue weighted by atomic mass is 15.3. The van der Waals surface area contributed by atoms with Crippen molar-refractivity contribution in [3.8, 4) is 0 Å². The molecule has 5 nitrogen and oxygen atoms in total. The topological polar surface area (TPSA) is 58.3 Å². The summed E-state index contributed by atoms with van der Waals surface area (Å²) < 4.78 is 0. The molecule has 1 unspecified atom stereocenters. The summed E-state index contributed by atoms with van der Waals surface area (Å²) in [5.74, 6) is 1.70. The summed E-state index contributed by atoms with van der Waals surface area (Å²) in [6.45, 7) is 3.89. The number of para-hydroxylation sites is 1. The molecule has 2 N–H and O–H groups in total. The molecule has 1 aromatic carbocycles. The van der Waals surface area contributed by atoms with E-state index < -0.39 is 0 Å². The molecule has 1 aliphatic heterocycles. The molecule has 0 radical (unpaired) electrons. The van der Waals surface area contributed by atoms with Gasteiger partial charge in [0.05, 0.1) is 0 Å². The highest BCUT2D eigenvalue weighted by Crippen LogP contribution is 2.24. The minimum absolute atomic E-state index is 0.235. The zero-order chi connectivity index (χ0) is 15.5. The largest absolute Gasteiger partial charge is 0.355 e. The van der Waals surface area contributed by atoms with Crippen LogP contribution in [0, 0.1) is 6.92 Å². The number of hydrogen-bond acceptors (Lipinski definition) is 5. The zero-order valence-electron chi connectivity index (χ0n) is 13.2. The second kappa shape index (κ2) is 6.32. The van der Waals surface area contributed by atoms with Crippen molar-refractivity contribution in [3.63, 3.8) is 0 Å². The second-order valence-electron chi connectivity index (χ2n) is 5.91. The number of nitrogens with zero attached hydrogens (tertiary/aromatic N) is 4. The Hall–Kier alpha value is -2.14. The first-order valence-electron chi connectivity index (χ1n) is 7.78. The summed E-state index contributed by atoms with van der Waals surface area (Å²) in [7, 11) is 2.00. The van der Waals surface area contributed by atoms with Gasteiger partial charge < -0.3 is 15.5 Å². The van der Waals surface area contributed by atoms with Crippen molar-refractivity contribution in [2.45, 2.75) is 25.8 Å². The fourth-order valence-corrected chi connectivity index (χ4v) is 2.83. The van der Waals surface area contributed by atoms with Crippen LogP contribution in [0.4, 0.5) is 17.5 Å². The number of benzene rings is 1. The normalized spacial score (nSPS) is 18.3. The van der Waals surface area contributed by atoms with Gasteiger partial charge in [0.1, 0.15) is 5.82 Å². The van der Waals surface area contributed by atoms with Crippen LogP contribution < -0.4 is 15.5 Å². The lowest BCUT2D eigenvalue weighted by Gasteiger charge is -2.32. The van der Waals surface area contributed by atoms with Crippen LogP contribution in [0.3, 0.4) is 0 Å². The molecule has 2 aromatic rings. The third kappa shape index (κ3) is 3.20. The Morgan fingerprint density at radius 2 is 2.00 bits per heavy atom. The monoisotopic (exact) mass is 297 g/mol. The van der Waals surface area contributed by atoms with Crippen molar-refractivity contribution >= 4 is 17.5 Å². The van der Waals surface area contributed by atoms with E-state index in [1.165, 1.54) is 0 Å². The molecule has 1 atom stereocenters. The Morgan fingerprint density at radius 1 is 1.23 bits per heavy atom.